The molecule has 1 amide bonds. The Balaban J connectivity index is 2.99. The highest BCUT2D eigenvalue weighted by atomic mass is 35.5. The van der Waals surface area contributed by atoms with Gasteiger partial charge in [0, 0.05) is 17.6 Å². The van der Waals surface area contributed by atoms with Crippen LogP contribution in [0.25, 0.3) is 0 Å². The predicted octanol–water partition coefficient (Wildman–Crippen LogP) is 3.32. The van der Waals surface area contributed by atoms with Gasteiger partial charge in [0.1, 0.15) is 0 Å². The van der Waals surface area contributed by atoms with Crippen LogP contribution in [0.2, 0.25) is 10.0 Å². The highest BCUT2D eigenvalue weighted by molar-refractivity contribution is 6.35. The fourth-order valence-electron chi connectivity index (χ4n) is 1.63. The summed E-state index contributed by atoms with van der Waals surface area (Å²) in [4.78, 5) is 24.4. The quantitative estimate of drug-likeness (QED) is 0.908. The number of carboxylic acid groups (broad SMARTS) is 1. The van der Waals surface area contributed by atoms with Crippen LogP contribution < -0.4 is 0 Å². The van der Waals surface area contributed by atoms with E-state index in [1.165, 1.54) is 11.0 Å². The minimum atomic E-state index is -0.948. The molecule has 0 atom stereocenters. The first kappa shape index (κ1) is 15.8. The SMILES string of the molecule is CC(C)N(CCC(=O)O)C(=O)c1cc(Cl)ccc1Cl. The molecular weight excluding hydrogens is 289 g/mol. The van der Waals surface area contributed by atoms with E-state index in [0.717, 1.165) is 0 Å². The lowest BCUT2D eigenvalue weighted by Crippen LogP contribution is -2.38. The van der Waals surface area contributed by atoms with Crippen molar-refractivity contribution < 1.29 is 14.7 Å². The monoisotopic (exact) mass is 303 g/mol. The van der Waals surface area contributed by atoms with E-state index in [0.29, 0.717) is 10.0 Å². The van der Waals surface area contributed by atoms with Crippen LogP contribution in [0, 0.1) is 0 Å². The smallest absolute Gasteiger partial charge is 0.305 e. The molecule has 1 rings (SSSR count). The first-order valence-corrected chi connectivity index (χ1v) is 6.56. The normalized spacial score (nSPS) is 10.6. The number of amides is 1. The standard InChI is InChI=1S/C13H15Cl2NO3/c1-8(2)16(6-5-12(17)18)13(19)10-7-9(14)3-4-11(10)15/h3-4,7-8H,5-6H2,1-2H3,(H,17,18). The topological polar surface area (TPSA) is 57.6 Å². The summed E-state index contributed by atoms with van der Waals surface area (Å²) in [6.45, 7) is 3.77. The third-order valence-electron chi connectivity index (χ3n) is 2.61. The molecular formula is C13H15Cl2NO3. The van der Waals surface area contributed by atoms with Crippen molar-refractivity contribution in [2.45, 2.75) is 26.3 Å². The van der Waals surface area contributed by atoms with Crippen molar-refractivity contribution >= 4 is 35.1 Å². The van der Waals surface area contributed by atoms with E-state index >= 15 is 0 Å². The summed E-state index contributed by atoms with van der Waals surface area (Å²) in [5.41, 5.74) is 0.285. The number of hydrogen-bond acceptors (Lipinski definition) is 2. The highest BCUT2D eigenvalue weighted by Crippen LogP contribution is 2.23. The van der Waals surface area contributed by atoms with Crippen molar-refractivity contribution in [2.75, 3.05) is 6.54 Å². The molecule has 0 unspecified atom stereocenters. The van der Waals surface area contributed by atoms with Gasteiger partial charge in [-0.3, -0.25) is 9.59 Å². The molecule has 1 aromatic carbocycles. The average molecular weight is 304 g/mol. The number of rotatable bonds is 5. The lowest BCUT2D eigenvalue weighted by molar-refractivity contribution is -0.137. The van der Waals surface area contributed by atoms with Crippen LogP contribution in [0.3, 0.4) is 0 Å². The number of aliphatic carboxylic acids is 1. The van der Waals surface area contributed by atoms with Gasteiger partial charge in [-0.2, -0.15) is 0 Å². The van der Waals surface area contributed by atoms with Crippen LogP contribution in [0.4, 0.5) is 0 Å². The van der Waals surface area contributed by atoms with Crippen molar-refractivity contribution in [1.29, 1.82) is 0 Å². The Hall–Kier alpha value is -1.26. The van der Waals surface area contributed by atoms with Crippen molar-refractivity contribution in [3.8, 4) is 0 Å². The van der Waals surface area contributed by atoms with Gasteiger partial charge in [0.05, 0.1) is 17.0 Å². The first-order chi connectivity index (χ1) is 8.82. The molecule has 1 N–H and O–H groups in total. The number of halogens is 2. The van der Waals surface area contributed by atoms with Crippen molar-refractivity contribution in [1.82, 2.24) is 4.90 Å². The van der Waals surface area contributed by atoms with Gasteiger partial charge in [0.25, 0.3) is 5.91 Å². The molecule has 104 valence electrons. The zero-order valence-electron chi connectivity index (χ0n) is 10.7. The second-order valence-electron chi connectivity index (χ2n) is 4.36. The molecule has 0 bridgehead atoms. The van der Waals surface area contributed by atoms with Crippen molar-refractivity contribution in [3.05, 3.63) is 33.8 Å². The summed E-state index contributed by atoms with van der Waals surface area (Å²) in [5.74, 6) is -1.26. The van der Waals surface area contributed by atoms with Crippen LogP contribution in [0.15, 0.2) is 18.2 Å². The first-order valence-electron chi connectivity index (χ1n) is 5.80. The molecule has 19 heavy (non-hydrogen) atoms. The Morgan fingerprint density at radius 1 is 1.32 bits per heavy atom. The molecule has 0 saturated carbocycles. The van der Waals surface area contributed by atoms with Crippen LogP contribution >= 0.6 is 23.2 Å². The van der Waals surface area contributed by atoms with Gasteiger partial charge in [-0.05, 0) is 32.0 Å². The van der Waals surface area contributed by atoms with Gasteiger partial charge in [-0.15, -0.1) is 0 Å². The molecule has 0 radical (unpaired) electrons. The van der Waals surface area contributed by atoms with Gasteiger partial charge < -0.3 is 10.0 Å². The molecule has 0 aliphatic heterocycles. The number of hydrogen-bond donors (Lipinski definition) is 1. The van der Waals surface area contributed by atoms with Crippen molar-refractivity contribution in [3.63, 3.8) is 0 Å². The van der Waals surface area contributed by atoms with Crippen LogP contribution in [0.5, 0.6) is 0 Å². The Kier molecular flexibility index (Phi) is 5.63. The average Bonchev–Trinajstić information content (AvgIpc) is 2.31. The lowest BCUT2D eigenvalue weighted by Gasteiger charge is -2.26. The van der Waals surface area contributed by atoms with Crippen LogP contribution in [0.1, 0.15) is 30.6 Å². The van der Waals surface area contributed by atoms with E-state index in [2.05, 4.69) is 0 Å². The summed E-state index contributed by atoms with van der Waals surface area (Å²) in [7, 11) is 0. The zero-order valence-corrected chi connectivity index (χ0v) is 12.2. The molecule has 1 aromatic rings. The van der Waals surface area contributed by atoms with Gasteiger partial charge in [0.15, 0.2) is 0 Å². The molecule has 0 heterocycles. The van der Waals surface area contributed by atoms with E-state index in [4.69, 9.17) is 28.3 Å². The highest BCUT2D eigenvalue weighted by Gasteiger charge is 2.21. The molecule has 0 aliphatic rings. The summed E-state index contributed by atoms with van der Waals surface area (Å²) in [5, 5.41) is 9.42. The van der Waals surface area contributed by atoms with E-state index in [9.17, 15) is 9.59 Å². The second kappa shape index (κ2) is 6.78. The number of benzene rings is 1. The maximum absolute atomic E-state index is 12.4. The third kappa shape index (κ3) is 4.40. The van der Waals surface area contributed by atoms with Gasteiger partial charge >= 0.3 is 5.97 Å². The van der Waals surface area contributed by atoms with Gasteiger partial charge in [-0.25, -0.2) is 0 Å². The third-order valence-corrected chi connectivity index (χ3v) is 3.17. The largest absolute Gasteiger partial charge is 0.481 e. The van der Waals surface area contributed by atoms with E-state index in [-0.39, 0.29) is 30.5 Å². The van der Waals surface area contributed by atoms with Gasteiger partial charge in [-0.1, -0.05) is 23.2 Å². The molecule has 0 fully saturated rings. The molecule has 0 aliphatic carbocycles. The molecule has 4 nitrogen and oxygen atoms in total. The Bertz CT molecular complexity index is 489. The Morgan fingerprint density at radius 2 is 1.95 bits per heavy atom. The summed E-state index contributed by atoms with van der Waals surface area (Å²) in [6.07, 6.45) is -0.109. The second-order valence-corrected chi connectivity index (χ2v) is 5.20. The van der Waals surface area contributed by atoms with E-state index < -0.39 is 5.97 Å². The summed E-state index contributed by atoms with van der Waals surface area (Å²) < 4.78 is 0. The lowest BCUT2D eigenvalue weighted by atomic mass is 10.1. The maximum Gasteiger partial charge on any atom is 0.305 e. The molecule has 0 spiro atoms. The fraction of sp³-hybridized carbons (Fsp3) is 0.385. The number of carbonyl (C=O) groups excluding carboxylic acids is 1. The Labute approximate surface area is 121 Å². The summed E-state index contributed by atoms with van der Waals surface area (Å²) in [6, 6.07) is 4.51. The number of carbonyl (C=O) groups is 2. The molecule has 0 aromatic heterocycles. The van der Waals surface area contributed by atoms with Gasteiger partial charge in [0.2, 0.25) is 0 Å². The van der Waals surface area contributed by atoms with E-state index in [1.54, 1.807) is 12.1 Å². The minimum Gasteiger partial charge on any atom is -0.481 e. The summed E-state index contributed by atoms with van der Waals surface area (Å²) >= 11 is 11.8. The van der Waals surface area contributed by atoms with Crippen molar-refractivity contribution in [2.24, 2.45) is 0 Å². The maximum atomic E-state index is 12.4. The molecule has 0 saturated heterocycles. The molecule has 6 heteroatoms. The zero-order chi connectivity index (χ0) is 14.6. The number of carboxylic acids is 1. The van der Waals surface area contributed by atoms with E-state index in [1.807, 2.05) is 13.8 Å². The Morgan fingerprint density at radius 3 is 2.47 bits per heavy atom. The number of nitrogens with zero attached hydrogens (tertiary/aromatic N) is 1. The minimum absolute atomic E-state index is 0.109. The predicted molar refractivity (Wildman–Crippen MR) is 74.9 cm³/mol. The van der Waals surface area contributed by atoms with Crippen LogP contribution in [-0.4, -0.2) is 34.5 Å². The van der Waals surface area contributed by atoms with Crippen LogP contribution in [-0.2, 0) is 4.79 Å². The fourth-order valence-corrected chi connectivity index (χ4v) is 2.00.